The van der Waals surface area contributed by atoms with Gasteiger partial charge in [0, 0.05) is 54.2 Å². The van der Waals surface area contributed by atoms with Crippen molar-refractivity contribution in [3.63, 3.8) is 0 Å². The van der Waals surface area contributed by atoms with Gasteiger partial charge in [-0.1, -0.05) is 0 Å². The van der Waals surface area contributed by atoms with Gasteiger partial charge in [0.2, 0.25) is 0 Å². The molecular weight excluding hydrogens is 355 g/mol. The number of aromatic nitrogens is 3. The molecule has 4 heterocycles. The second-order valence-electron chi connectivity index (χ2n) is 7.29. The summed E-state index contributed by atoms with van der Waals surface area (Å²) in [6.07, 6.45) is 7.59. The maximum Gasteiger partial charge on any atom is 0.275 e. The van der Waals surface area contributed by atoms with Crippen molar-refractivity contribution in [1.29, 1.82) is 0 Å². The third kappa shape index (κ3) is 2.45. The van der Waals surface area contributed by atoms with Gasteiger partial charge in [0.1, 0.15) is 17.2 Å². The lowest BCUT2D eigenvalue weighted by Crippen LogP contribution is -2.42. The molecule has 0 bridgehead atoms. The van der Waals surface area contributed by atoms with Crippen molar-refractivity contribution in [2.75, 3.05) is 11.4 Å². The molecule has 0 radical (unpaired) electrons. The van der Waals surface area contributed by atoms with Gasteiger partial charge in [0.05, 0.1) is 0 Å². The molecule has 5 rings (SSSR count). The van der Waals surface area contributed by atoms with Gasteiger partial charge in [-0.25, -0.2) is 9.37 Å². The van der Waals surface area contributed by atoms with E-state index in [1.54, 1.807) is 30.2 Å². The van der Waals surface area contributed by atoms with Crippen LogP contribution in [0.1, 0.15) is 29.0 Å². The van der Waals surface area contributed by atoms with Crippen LogP contribution in [-0.2, 0) is 0 Å². The lowest BCUT2D eigenvalue weighted by atomic mass is 10.0. The molecule has 0 aliphatic carbocycles. The average Bonchev–Trinajstić information content (AvgIpc) is 3.33. The molecule has 1 aliphatic heterocycles. The molecule has 0 fully saturated rings. The lowest BCUT2D eigenvalue weighted by molar-refractivity contribution is 0.0958. The zero-order valence-corrected chi connectivity index (χ0v) is 15.6. The third-order valence-electron chi connectivity index (χ3n) is 5.44. The molecule has 5 nitrogen and oxygen atoms in total. The molecule has 4 aromatic rings. The molecule has 0 saturated carbocycles. The van der Waals surface area contributed by atoms with Crippen LogP contribution in [0.4, 0.5) is 10.1 Å². The summed E-state index contributed by atoms with van der Waals surface area (Å²) in [6.45, 7) is 4.35. The molecule has 1 aromatic carbocycles. The topological polar surface area (TPSA) is 42.5 Å². The van der Waals surface area contributed by atoms with Crippen LogP contribution < -0.4 is 4.90 Å². The monoisotopic (exact) mass is 374 g/mol. The first-order chi connectivity index (χ1) is 13.5. The van der Waals surface area contributed by atoms with Crippen LogP contribution >= 0.6 is 0 Å². The number of amides is 1. The Labute approximate surface area is 161 Å². The zero-order chi connectivity index (χ0) is 19.4. The third-order valence-corrected chi connectivity index (χ3v) is 5.44. The quantitative estimate of drug-likeness (QED) is 0.519. The number of fused-ring (bicyclic) bond motifs is 2. The van der Waals surface area contributed by atoms with E-state index in [0.29, 0.717) is 17.8 Å². The first-order valence-electron chi connectivity index (χ1n) is 9.25. The van der Waals surface area contributed by atoms with Crippen LogP contribution in [0, 0.1) is 12.7 Å². The van der Waals surface area contributed by atoms with Crippen molar-refractivity contribution in [3.8, 4) is 11.1 Å². The number of halogens is 1. The van der Waals surface area contributed by atoms with Crippen LogP contribution in [0.3, 0.4) is 0 Å². The zero-order valence-electron chi connectivity index (χ0n) is 15.6. The second-order valence-corrected chi connectivity index (χ2v) is 7.29. The second kappa shape index (κ2) is 6.05. The van der Waals surface area contributed by atoms with Gasteiger partial charge in [-0.15, -0.1) is 0 Å². The fraction of sp³-hybridized carbons (Fsp3) is 0.182. The molecular formula is C22H19FN4O. The number of nitrogens with zero attached hydrogens (tertiary/aromatic N) is 4. The first kappa shape index (κ1) is 16.7. The summed E-state index contributed by atoms with van der Waals surface area (Å²) in [5.41, 5.74) is 4.61. The molecule has 0 N–H and O–H groups in total. The Hall–Kier alpha value is -3.41. The summed E-state index contributed by atoms with van der Waals surface area (Å²) in [5.74, 6) is -0.339. The maximum absolute atomic E-state index is 13.7. The van der Waals surface area contributed by atoms with E-state index in [4.69, 9.17) is 0 Å². The predicted molar refractivity (Wildman–Crippen MR) is 106 cm³/mol. The van der Waals surface area contributed by atoms with E-state index in [0.717, 1.165) is 22.5 Å². The van der Waals surface area contributed by atoms with E-state index >= 15 is 0 Å². The molecule has 3 aromatic heterocycles. The lowest BCUT2D eigenvalue weighted by Gasteiger charge is -2.33. The van der Waals surface area contributed by atoms with E-state index in [1.165, 1.54) is 6.07 Å². The Morgan fingerprint density at radius 2 is 2.00 bits per heavy atom. The van der Waals surface area contributed by atoms with Gasteiger partial charge < -0.3 is 13.9 Å². The number of rotatable bonds is 2. The largest absolute Gasteiger partial charge is 0.338 e. The first-order valence-corrected chi connectivity index (χ1v) is 9.25. The minimum Gasteiger partial charge on any atom is -0.338 e. The standard InChI is InChI=1S/C22H19FN4O/c1-14-11-17(4-5-19(14)23)27-12-15(2)26-9-7-18(21(26)22(27)28)16-3-6-20-24-8-10-25(20)13-16/h3-11,13,15H,12H2,1-2H3/t15-/m0/s1. The van der Waals surface area contributed by atoms with E-state index in [2.05, 4.69) is 11.9 Å². The predicted octanol–water partition coefficient (Wildman–Crippen LogP) is 4.47. The Kier molecular flexibility index (Phi) is 3.62. The molecule has 28 heavy (non-hydrogen) atoms. The molecule has 1 atom stereocenters. The molecule has 1 aliphatic rings. The Balaban J connectivity index is 1.62. The highest BCUT2D eigenvalue weighted by Crippen LogP contribution is 2.34. The number of hydrogen-bond donors (Lipinski definition) is 0. The number of carbonyl (C=O) groups excluding carboxylic acids is 1. The minimum atomic E-state index is -0.265. The summed E-state index contributed by atoms with van der Waals surface area (Å²) >= 11 is 0. The molecule has 6 heteroatoms. The number of pyridine rings is 1. The number of imidazole rings is 1. The Bertz CT molecular complexity index is 1220. The van der Waals surface area contributed by atoms with Gasteiger partial charge in [-0.3, -0.25) is 4.79 Å². The Morgan fingerprint density at radius 3 is 2.82 bits per heavy atom. The highest BCUT2D eigenvalue weighted by molar-refractivity contribution is 6.10. The fourth-order valence-electron chi connectivity index (χ4n) is 3.93. The van der Waals surface area contributed by atoms with Gasteiger partial charge in [-0.05, 0) is 55.8 Å². The van der Waals surface area contributed by atoms with Crippen molar-refractivity contribution in [1.82, 2.24) is 14.0 Å². The molecule has 1 amide bonds. The highest BCUT2D eigenvalue weighted by Gasteiger charge is 2.32. The van der Waals surface area contributed by atoms with Crippen LogP contribution in [0.15, 0.2) is 61.2 Å². The van der Waals surface area contributed by atoms with Crippen molar-refractivity contribution < 1.29 is 9.18 Å². The van der Waals surface area contributed by atoms with Gasteiger partial charge >= 0.3 is 0 Å². The molecule has 140 valence electrons. The van der Waals surface area contributed by atoms with Crippen LogP contribution in [0.5, 0.6) is 0 Å². The molecule has 0 spiro atoms. The number of anilines is 1. The molecule has 0 saturated heterocycles. The van der Waals surface area contributed by atoms with E-state index < -0.39 is 0 Å². The van der Waals surface area contributed by atoms with E-state index in [1.807, 2.05) is 45.8 Å². The molecule has 0 unspecified atom stereocenters. The number of hydrogen-bond acceptors (Lipinski definition) is 2. The average molecular weight is 374 g/mol. The van der Waals surface area contributed by atoms with Crippen molar-refractivity contribution in [2.24, 2.45) is 0 Å². The van der Waals surface area contributed by atoms with Crippen molar-refractivity contribution in [3.05, 3.63) is 78.3 Å². The van der Waals surface area contributed by atoms with Crippen LogP contribution in [0.2, 0.25) is 0 Å². The van der Waals surface area contributed by atoms with Crippen molar-refractivity contribution in [2.45, 2.75) is 19.9 Å². The highest BCUT2D eigenvalue weighted by atomic mass is 19.1. The van der Waals surface area contributed by atoms with Gasteiger partial charge in [0.25, 0.3) is 5.91 Å². The SMILES string of the molecule is Cc1cc(N2C[C@H](C)n3ccc(-c4ccc5nccn5c4)c3C2=O)ccc1F. The normalized spacial score (nSPS) is 16.6. The summed E-state index contributed by atoms with van der Waals surface area (Å²) in [7, 11) is 0. The van der Waals surface area contributed by atoms with Crippen molar-refractivity contribution >= 4 is 17.2 Å². The van der Waals surface area contributed by atoms with Crippen LogP contribution in [-0.4, -0.2) is 26.4 Å². The van der Waals surface area contributed by atoms with Crippen LogP contribution in [0.25, 0.3) is 16.8 Å². The summed E-state index contributed by atoms with van der Waals surface area (Å²) in [6, 6.07) is 10.8. The number of benzene rings is 1. The fourth-order valence-corrected chi connectivity index (χ4v) is 3.93. The van der Waals surface area contributed by atoms with Gasteiger partial charge in [0.15, 0.2) is 0 Å². The summed E-state index contributed by atoms with van der Waals surface area (Å²) in [4.78, 5) is 19.4. The summed E-state index contributed by atoms with van der Waals surface area (Å²) < 4.78 is 17.7. The van der Waals surface area contributed by atoms with E-state index in [9.17, 15) is 9.18 Å². The minimum absolute atomic E-state index is 0.0742. The summed E-state index contributed by atoms with van der Waals surface area (Å²) in [5, 5.41) is 0. The van der Waals surface area contributed by atoms with Gasteiger partial charge in [-0.2, -0.15) is 0 Å². The van der Waals surface area contributed by atoms with E-state index in [-0.39, 0.29) is 17.8 Å². The smallest absolute Gasteiger partial charge is 0.275 e. The number of aryl methyl sites for hydroxylation is 1. The number of carbonyl (C=O) groups is 1. The maximum atomic E-state index is 13.7. The Morgan fingerprint density at radius 1 is 1.14 bits per heavy atom.